The highest BCUT2D eigenvalue weighted by atomic mass is 16.7. The van der Waals surface area contributed by atoms with Crippen LogP contribution in [0.2, 0.25) is 0 Å². The second-order valence-electron chi connectivity index (χ2n) is 14.3. The van der Waals surface area contributed by atoms with E-state index in [2.05, 4.69) is 10.6 Å². The molecule has 2 aliphatic rings. The molecule has 330 valence electrons. The lowest BCUT2D eigenvalue weighted by molar-refractivity contribution is -0.384. The van der Waals surface area contributed by atoms with Crippen LogP contribution in [0.3, 0.4) is 0 Å². The molecule has 63 heavy (non-hydrogen) atoms. The highest BCUT2D eigenvalue weighted by Crippen LogP contribution is 2.44. The van der Waals surface area contributed by atoms with Gasteiger partial charge in [-0.05, 0) is 59.0 Å². The largest absolute Gasteiger partial charge is 0.514 e. The Morgan fingerprint density at radius 3 is 1.97 bits per heavy atom. The van der Waals surface area contributed by atoms with E-state index in [0.717, 1.165) is 55.2 Å². The van der Waals surface area contributed by atoms with Gasteiger partial charge < -0.3 is 48.5 Å². The predicted molar refractivity (Wildman–Crippen MR) is 218 cm³/mol. The maximum atomic E-state index is 13.4. The van der Waals surface area contributed by atoms with Crippen molar-refractivity contribution >= 4 is 47.4 Å². The number of carbonyl (C=O) groups is 6. The molecular weight excluding hydrogens is 826 g/mol. The van der Waals surface area contributed by atoms with Gasteiger partial charge in [0.1, 0.15) is 24.7 Å². The Bertz CT molecular complexity index is 2320. The van der Waals surface area contributed by atoms with Crippen LogP contribution in [-0.2, 0) is 54.2 Å². The van der Waals surface area contributed by atoms with Crippen LogP contribution in [0.15, 0.2) is 91.0 Å². The summed E-state index contributed by atoms with van der Waals surface area (Å²) in [6, 6.07) is 24.8. The van der Waals surface area contributed by atoms with E-state index in [1.165, 1.54) is 37.3 Å². The Hall–Kier alpha value is -7.54. The molecule has 1 saturated heterocycles. The standard InChI is InChI=1S/C44H43N3O16/c1-24-39(59-25(2)48)40(60-26(3)49)41(61-27(4)50)42(58-24)63-37-18-13-28(22-57-44(53)62-30-16-14-29(15-17-30)47(54)55)21-36(37)46-38(51)19-20-45-43(52)56-23-35-33-11-7-5-9-31(33)32-10-6-8-12-34(32)35/h5-18,21,24,35,39-42H,19-20,22-23H2,1-4H3,(H,45,52)(H,46,51)/t24-,39-,40+,41-,42?/m0/s1. The molecule has 0 aromatic heterocycles. The first-order valence-corrected chi connectivity index (χ1v) is 19.6. The second-order valence-corrected chi connectivity index (χ2v) is 14.3. The number of ether oxygens (including phenoxy) is 8. The lowest BCUT2D eigenvalue weighted by Gasteiger charge is -2.43. The van der Waals surface area contributed by atoms with Gasteiger partial charge in [-0.1, -0.05) is 54.6 Å². The third-order valence-corrected chi connectivity index (χ3v) is 9.77. The fourth-order valence-corrected chi connectivity index (χ4v) is 7.10. The molecule has 4 aromatic carbocycles. The molecule has 1 aliphatic heterocycles. The maximum Gasteiger partial charge on any atom is 0.514 e. The van der Waals surface area contributed by atoms with Crippen molar-refractivity contribution in [2.75, 3.05) is 18.5 Å². The number of rotatable bonds is 15. The Morgan fingerprint density at radius 2 is 1.35 bits per heavy atom. The molecule has 1 fully saturated rings. The van der Waals surface area contributed by atoms with Crippen molar-refractivity contribution in [2.24, 2.45) is 0 Å². The monoisotopic (exact) mass is 869 g/mol. The van der Waals surface area contributed by atoms with Gasteiger partial charge in [-0.15, -0.1) is 0 Å². The lowest BCUT2D eigenvalue weighted by atomic mass is 9.98. The van der Waals surface area contributed by atoms with E-state index in [1.807, 2.05) is 48.5 Å². The van der Waals surface area contributed by atoms with Crippen molar-refractivity contribution in [1.29, 1.82) is 0 Å². The highest BCUT2D eigenvalue weighted by Gasteiger charge is 2.51. The van der Waals surface area contributed by atoms with Gasteiger partial charge in [-0.2, -0.15) is 0 Å². The van der Waals surface area contributed by atoms with Crippen LogP contribution >= 0.6 is 0 Å². The fourth-order valence-electron chi connectivity index (χ4n) is 7.10. The molecule has 4 aromatic rings. The topological polar surface area (TPSA) is 243 Å². The molecule has 0 saturated carbocycles. The zero-order valence-corrected chi connectivity index (χ0v) is 34.4. The molecule has 5 atom stereocenters. The minimum Gasteiger partial charge on any atom is -0.459 e. The van der Waals surface area contributed by atoms with Crippen LogP contribution in [0.1, 0.15) is 56.7 Å². The Labute approximate surface area is 360 Å². The molecule has 2 N–H and O–H groups in total. The van der Waals surface area contributed by atoms with Gasteiger partial charge in [0.2, 0.25) is 18.3 Å². The summed E-state index contributed by atoms with van der Waals surface area (Å²) < 4.78 is 44.4. The summed E-state index contributed by atoms with van der Waals surface area (Å²) in [5.41, 5.74) is 4.34. The molecule has 19 nitrogen and oxygen atoms in total. The number of hydrogen-bond acceptors (Lipinski definition) is 16. The van der Waals surface area contributed by atoms with E-state index in [1.54, 1.807) is 0 Å². The van der Waals surface area contributed by atoms with Crippen molar-refractivity contribution in [1.82, 2.24) is 5.32 Å². The third-order valence-electron chi connectivity index (χ3n) is 9.77. The van der Waals surface area contributed by atoms with Crippen molar-refractivity contribution in [2.45, 2.75) is 77.3 Å². The second kappa shape index (κ2) is 20.3. The number of anilines is 1. The molecule has 19 heteroatoms. The number of hydrogen-bond donors (Lipinski definition) is 2. The van der Waals surface area contributed by atoms with E-state index in [9.17, 15) is 38.9 Å². The number of benzene rings is 4. The molecule has 6 rings (SSSR count). The number of nitrogens with one attached hydrogen (secondary N) is 2. The molecule has 1 heterocycles. The number of alkyl carbamates (subject to hydrolysis) is 1. The smallest absolute Gasteiger partial charge is 0.459 e. The summed E-state index contributed by atoms with van der Waals surface area (Å²) in [7, 11) is 0. The molecule has 1 aliphatic carbocycles. The van der Waals surface area contributed by atoms with Crippen LogP contribution in [0, 0.1) is 10.1 Å². The average molecular weight is 870 g/mol. The lowest BCUT2D eigenvalue weighted by Crippen LogP contribution is -2.62. The predicted octanol–water partition coefficient (Wildman–Crippen LogP) is 6.10. The van der Waals surface area contributed by atoms with Gasteiger partial charge in [0, 0.05) is 51.8 Å². The van der Waals surface area contributed by atoms with Crippen LogP contribution in [0.4, 0.5) is 21.0 Å². The molecule has 0 radical (unpaired) electrons. The van der Waals surface area contributed by atoms with Crippen molar-refractivity contribution in [3.63, 3.8) is 0 Å². The Kier molecular flexibility index (Phi) is 14.5. The minimum atomic E-state index is -1.50. The SMILES string of the molecule is CC(=O)O[C@@H]1[C@@H](OC(C)=O)[C@H](OC(C)=O)C(Oc2ccc(COC(=O)Oc3ccc([N+](=O)[O-])cc3)cc2NC(=O)CCNC(=O)OCC2c3ccccc3-c3ccccc32)O[C@H]1C. The summed E-state index contributed by atoms with van der Waals surface area (Å²) in [6.07, 6.45) is -8.63. The number of nitro benzene ring substituents is 1. The number of carbonyl (C=O) groups excluding carboxylic acids is 6. The number of amides is 2. The molecular formula is C44H43N3O16. The summed E-state index contributed by atoms with van der Waals surface area (Å²) in [6.45, 7) is 4.43. The van der Waals surface area contributed by atoms with Crippen molar-refractivity contribution in [3.8, 4) is 22.6 Å². The summed E-state index contributed by atoms with van der Waals surface area (Å²) in [5.74, 6) is -3.14. The molecule has 2 amide bonds. The summed E-state index contributed by atoms with van der Waals surface area (Å²) >= 11 is 0. The Balaban J connectivity index is 1.14. The molecule has 0 spiro atoms. The van der Waals surface area contributed by atoms with Crippen LogP contribution < -0.4 is 20.1 Å². The average Bonchev–Trinajstić information content (AvgIpc) is 3.56. The molecule has 1 unspecified atom stereocenters. The van der Waals surface area contributed by atoms with Crippen LogP contribution in [0.5, 0.6) is 11.5 Å². The Morgan fingerprint density at radius 1 is 0.746 bits per heavy atom. The fraction of sp³-hybridized carbons (Fsp3) is 0.318. The van der Waals surface area contributed by atoms with E-state index in [0.29, 0.717) is 5.56 Å². The summed E-state index contributed by atoms with van der Waals surface area (Å²) in [4.78, 5) is 85.5. The van der Waals surface area contributed by atoms with Gasteiger partial charge in [-0.25, -0.2) is 9.59 Å². The number of fused-ring (bicyclic) bond motifs is 3. The number of non-ortho nitro benzene ring substituents is 1. The van der Waals surface area contributed by atoms with E-state index in [-0.39, 0.29) is 55.0 Å². The van der Waals surface area contributed by atoms with Gasteiger partial charge in [0.05, 0.1) is 16.7 Å². The zero-order chi connectivity index (χ0) is 45.2. The molecule has 0 bridgehead atoms. The first-order valence-electron chi connectivity index (χ1n) is 19.6. The van der Waals surface area contributed by atoms with E-state index < -0.39 is 71.7 Å². The number of nitrogens with zero attached hydrogens (tertiary/aromatic N) is 1. The van der Waals surface area contributed by atoms with E-state index in [4.69, 9.17) is 37.9 Å². The maximum absolute atomic E-state index is 13.4. The quantitative estimate of drug-likeness (QED) is 0.0451. The van der Waals surface area contributed by atoms with Gasteiger partial charge in [-0.3, -0.25) is 29.3 Å². The van der Waals surface area contributed by atoms with Crippen LogP contribution in [0.25, 0.3) is 11.1 Å². The van der Waals surface area contributed by atoms with Gasteiger partial charge in [0.25, 0.3) is 5.69 Å². The normalized spacial score (nSPS) is 18.6. The number of esters is 3. The highest BCUT2D eigenvalue weighted by molar-refractivity contribution is 5.92. The van der Waals surface area contributed by atoms with Gasteiger partial charge >= 0.3 is 30.2 Å². The van der Waals surface area contributed by atoms with Gasteiger partial charge in [0.15, 0.2) is 12.2 Å². The minimum absolute atomic E-state index is 0.00921. The zero-order valence-electron chi connectivity index (χ0n) is 34.4. The van der Waals surface area contributed by atoms with Crippen molar-refractivity contribution in [3.05, 3.63) is 118 Å². The number of nitro groups is 1. The van der Waals surface area contributed by atoms with Crippen molar-refractivity contribution < 1.29 is 71.6 Å². The van der Waals surface area contributed by atoms with E-state index >= 15 is 0 Å². The third kappa shape index (κ3) is 11.6. The first kappa shape index (κ1) is 45.0. The first-order chi connectivity index (χ1) is 30.2. The summed E-state index contributed by atoms with van der Waals surface area (Å²) in [5, 5.41) is 16.2. The van der Waals surface area contributed by atoms with Crippen LogP contribution in [-0.4, -0.2) is 84.8 Å².